The third-order valence-corrected chi connectivity index (χ3v) is 5.13. The first-order chi connectivity index (χ1) is 13.1. The fraction of sp³-hybridized carbons (Fsp3) is 0.0909. The van der Waals surface area contributed by atoms with E-state index in [0.29, 0.717) is 22.6 Å². The molecule has 27 heavy (non-hydrogen) atoms. The van der Waals surface area contributed by atoms with Gasteiger partial charge in [-0.15, -0.1) is 11.3 Å². The first kappa shape index (κ1) is 17.2. The fourth-order valence-corrected chi connectivity index (χ4v) is 3.58. The topological polar surface area (TPSA) is 52.6 Å². The lowest BCUT2D eigenvalue weighted by Crippen LogP contribution is -2.11. The lowest BCUT2D eigenvalue weighted by atomic mass is 10.1. The monoisotopic (exact) mass is 376 g/mol. The van der Waals surface area contributed by atoms with Gasteiger partial charge in [-0.3, -0.25) is 9.59 Å². The number of hydrogen-bond donors (Lipinski definition) is 0. The minimum Gasteiger partial charge on any atom is -0.452 e. The third-order valence-electron chi connectivity index (χ3n) is 4.26. The van der Waals surface area contributed by atoms with Crippen molar-refractivity contribution in [1.82, 2.24) is 0 Å². The number of hydrogen-bond acceptors (Lipinski definition) is 5. The van der Waals surface area contributed by atoms with Gasteiger partial charge in [-0.1, -0.05) is 36.4 Å². The summed E-state index contributed by atoms with van der Waals surface area (Å²) in [6.07, 6.45) is 1.93. The number of carbonyl (C=O) groups is 2. The van der Waals surface area contributed by atoms with E-state index in [2.05, 4.69) is 0 Å². The molecule has 4 rings (SSSR count). The zero-order chi connectivity index (χ0) is 18.8. The van der Waals surface area contributed by atoms with Gasteiger partial charge in [0.25, 0.3) is 0 Å². The molecule has 134 valence electrons. The first-order valence-electron chi connectivity index (χ1n) is 8.48. The average Bonchev–Trinajstić information content (AvgIpc) is 3.28. The van der Waals surface area contributed by atoms with Crippen molar-refractivity contribution >= 4 is 29.2 Å². The SMILES string of the molecule is Cc1c(OC(=O)Cc2cccs2)ccc2c1O/C(=C\c1ccccc1)C2=O. The number of rotatable bonds is 4. The lowest BCUT2D eigenvalue weighted by molar-refractivity contribution is -0.133. The van der Waals surface area contributed by atoms with Gasteiger partial charge < -0.3 is 9.47 Å². The Hall–Kier alpha value is -3.18. The summed E-state index contributed by atoms with van der Waals surface area (Å²) in [5.74, 6) is 0.604. The molecule has 0 fully saturated rings. The van der Waals surface area contributed by atoms with Gasteiger partial charge in [0.1, 0.15) is 11.5 Å². The second-order valence-electron chi connectivity index (χ2n) is 6.15. The molecule has 0 bridgehead atoms. The number of allylic oxidation sites excluding steroid dienone is 1. The molecule has 2 aromatic carbocycles. The van der Waals surface area contributed by atoms with Crippen molar-refractivity contribution in [3.63, 3.8) is 0 Å². The molecule has 3 aromatic rings. The van der Waals surface area contributed by atoms with Gasteiger partial charge in [-0.25, -0.2) is 0 Å². The van der Waals surface area contributed by atoms with Crippen molar-refractivity contribution in [1.29, 1.82) is 0 Å². The highest BCUT2D eigenvalue weighted by Crippen LogP contribution is 2.39. The number of ketones is 1. The Labute approximate surface area is 160 Å². The molecule has 0 aliphatic carbocycles. The molecule has 5 heteroatoms. The molecule has 2 heterocycles. The van der Waals surface area contributed by atoms with Crippen molar-refractivity contribution in [2.45, 2.75) is 13.3 Å². The summed E-state index contributed by atoms with van der Waals surface area (Å²) < 4.78 is 11.3. The summed E-state index contributed by atoms with van der Waals surface area (Å²) in [4.78, 5) is 25.7. The van der Waals surface area contributed by atoms with Crippen LogP contribution in [0.5, 0.6) is 11.5 Å². The van der Waals surface area contributed by atoms with Crippen LogP contribution in [0.15, 0.2) is 65.7 Å². The van der Waals surface area contributed by atoms with Gasteiger partial charge in [0.05, 0.1) is 12.0 Å². The molecule has 0 amide bonds. The summed E-state index contributed by atoms with van der Waals surface area (Å²) in [5, 5.41) is 1.92. The zero-order valence-electron chi connectivity index (χ0n) is 14.6. The van der Waals surface area contributed by atoms with Crippen molar-refractivity contribution < 1.29 is 19.1 Å². The zero-order valence-corrected chi connectivity index (χ0v) is 15.4. The maximum Gasteiger partial charge on any atom is 0.316 e. The highest BCUT2D eigenvalue weighted by molar-refractivity contribution is 7.10. The van der Waals surface area contributed by atoms with Crippen LogP contribution in [0.3, 0.4) is 0 Å². The summed E-state index contributed by atoms with van der Waals surface area (Å²) in [7, 11) is 0. The van der Waals surface area contributed by atoms with Crippen LogP contribution >= 0.6 is 11.3 Å². The highest BCUT2D eigenvalue weighted by atomic mass is 32.1. The number of fused-ring (bicyclic) bond motifs is 1. The summed E-state index contributed by atoms with van der Waals surface area (Å²) in [6.45, 7) is 1.78. The lowest BCUT2D eigenvalue weighted by Gasteiger charge is -2.09. The second kappa shape index (κ2) is 7.21. The van der Waals surface area contributed by atoms with Crippen LogP contribution in [0.25, 0.3) is 6.08 Å². The van der Waals surface area contributed by atoms with E-state index in [-0.39, 0.29) is 23.9 Å². The van der Waals surface area contributed by atoms with Crippen LogP contribution in [0.4, 0.5) is 0 Å². The Kier molecular flexibility index (Phi) is 4.60. The number of benzene rings is 2. The molecule has 0 atom stereocenters. The Morgan fingerprint density at radius 1 is 1.11 bits per heavy atom. The van der Waals surface area contributed by atoms with E-state index < -0.39 is 0 Å². The predicted molar refractivity (Wildman–Crippen MR) is 104 cm³/mol. The van der Waals surface area contributed by atoms with E-state index >= 15 is 0 Å². The highest BCUT2D eigenvalue weighted by Gasteiger charge is 2.30. The van der Waals surface area contributed by atoms with Gasteiger partial charge in [-0.2, -0.15) is 0 Å². The standard InChI is InChI=1S/C22H16O4S/c1-14-18(25-20(23)13-16-8-5-11-27-16)10-9-17-21(24)19(26-22(14)17)12-15-6-3-2-4-7-15/h2-12H,13H2,1H3/b19-12-. The van der Waals surface area contributed by atoms with Crippen LogP contribution in [0.2, 0.25) is 0 Å². The Bertz CT molecular complexity index is 1030. The van der Waals surface area contributed by atoms with Gasteiger partial charge in [0.2, 0.25) is 5.78 Å². The maximum absolute atomic E-state index is 12.6. The molecule has 4 nitrogen and oxygen atoms in total. The molecule has 0 spiro atoms. The Morgan fingerprint density at radius 2 is 1.93 bits per heavy atom. The number of carbonyl (C=O) groups excluding carboxylic acids is 2. The van der Waals surface area contributed by atoms with Gasteiger partial charge in [0, 0.05) is 10.4 Å². The summed E-state index contributed by atoms with van der Waals surface area (Å²) in [5.41, 5.74) is 2.00. The quantitative estimate of drug-likeness (QED) is 0.372. The number of ether oxygens (including phenoxy) is 2. The molecule has 0 unspecified atom stereocenters. The van der Waals surface area contributed by atoms with Gasteiger partial charge in [-0.05, 0) is 42.1 Å². The maximum atomic E-state index is 12.6. The third kappa shape index (κ3) is 3.55. The van der Waals surface area contributed by atoms with Crippen LogP contribution in [-0.2, 0) is 11.2 Å². The largest absolute Gasteiger partial charge is 0.452 e. The van der Waals surface area contributed by atoms with Crippen molar-refractivity contribution in [3.05, 3.63) is 87.3 Å². The minimum atomic E-state index is -0.343. The first-order valence-corrected chi connectivity index (χ1v) is 9.36. The fourth-order valence-electron chi connectivity index (χ4n) is 2.89. The van der Waals surface area contributed by atoms with Crippen molar-refractivity contribution in [2.75, 3.05) is 0 Å². The average molecular weight is 376 g/mol. The van der Waals surface area contributed by atoms with Crippen LogP contribution < -0.4 is 9.47 Å². The number of Topliss-reactive ketones (excluding diaryl/α,β-unsaturated/α-hetero) is 1. The van der Waals surface area contributed by atoms with Gasteiger partial charge in [0.15, 0.2) is 5.76 Å². The molecule has 0 saturated carbocycles. The second-order valence-corrected chi connectivity index (χ2v) is 7.18. The van der Waals surface area contributed by atoms with Crippen LogP contribution in [0.1, 0.15) is 26.4 Å². The molecule has 0 radical (unpaired) electrons. The predicted octanol–water partition coefficient (Wildman–Crippen LogP) is 4.82. The van der Waals surface area contributed by atoms with Crippen molar-refractivity contribution in [3.8, 4) is 11.5 Å². The van der Waals surface area contributed by atoms with E-state index in [1.54, 1.807) is 25.1 Å². The number of thiophene rings is 1. The Morgan fingerprint density at radius 3 is 2.67 bits per heavy atom. The molecule has 0 saturated heterocycles. The summed E-state index contributed by atoms with van der Waals surface area (Å²) >= 11 is 1.51. The van der Waals surface area contributed by atoms with E-state index in [4.69, 9.17) is 9.47 Å². The smallest absolute Gasteiger partial charge is 0.316 e. The molecule has 1 aliphatic heterocycles. The Balaban J connectivity index is 1.57. The molecule has 1 aliphatic rings. The molecule has 0 N–H and O–H groups in total. The molecular formula is C22H16O4S. The van der Waals surface area contributed by atoms with E-state index in [9.17, 15) is 9.59 Å². The molecule has 1 aromatic heterocycles. The van der Waals surface area contributed by atoms with E-state index in [1.165, 1.54) is 11.3 Å². The van der Waals surface area contributed by atoms with E-state index in [1.807, 2.05) is 47.8 Å². The number of esters is 1. The van der Waals surface area contributed by atoms with Crippen molar-refractivity contribution in [2.24, 2.45) is 0 Å². The summed E-state index contributed by atoms with van der Waals surface area (Å²) in [6, 6.07) is 16.6. The normalized spacial score (nSPS) is 14.1. The van der Waals surface area contributed by atoms with Crippen LogP contribution in [-0.4, -0.2) is 11.8 Å². The minimum absolute atomic E-state index is 0.173. The van der Waals surface area contributed by atoms with E-state index in [0.717, 1.165) is 10.4 Å². The van der Waals surface area contributed by atoms with Gasteiger partial charge >= 0.3 is 5.97 Å². The molecular weight excluding hydrogens is 360 g/mol. The van der Waals surface area contributed by atoms with Crippen LogP contribution in [0, 0.1) is 6.92 Å².